The molecule has 26 heavy (non-hydrogen) atoms. The van der Waals surface area contributed by atoms with Gasteiger partial charge in [0.2, 0.25) is 0 Å². The molecule has 0 aromatic carbocycles. The molecule has 1 unspecified atom stereocenters. The predicted molar refractivity (Wildman–Crippen MR) is 105 cm³/mol. The molecule has 4 rings (SSSR count). The first kappa shape index (κ1) is 18.1. The molecule has 0 saturated carbocycles. The van der Waals surface area contributed by atoms with Crippen LogP contribution < -0.4 is 0 Å². The lowest BCUT2D eigenvalue weighted by atomic mass is 10.0. The second-order valence-electron chi connectivity index (χ2n) is 8.06. The van der Waals surface area contributed by atoms with Crippen molar-refractivity contribution in [1.29, 1.82) is 0 Å². The predicted octanol–water partition coefficient (Wildman–Crippen LogP) is 3.76. The molecule has 1 saturated heterocycles. The number of ether oxygens (including phenoxy) is 1. The lowest BCUT2D eigenvalue weighted by molar-refractivity contribution is 0.190. The summed E-state index contributed by atoms with van der Waals surface area (Å²) in [6.07, 6.45) is 5.45. The molecular formula is C20H30N4OS. The fourth-order valence-corrected chi connectivity index (χ4v) is 4.86. The Labute approximate surface area is 160 Å². The van der Waals surface area contributed by atoms with Gasteiger partial charge in [0.1, 0.15) is 5.82 Å². The van der Waals surface area contributed by atoms with Crippen LogP contribution in [0.4, 0.5) is 0 Å². The SMILES string of the molecule is Cc1ncc(CN2CCn3c(C4CCOC4)nc(CCC(C)C)c3C2)s1. The van der Waals surface area contributed by atoms with Crippen LogP contribution >= 0.6 is 11.3 Å². The summed E-state index contributed by atoms with van der Waals surface area (Å²) in [5.41, 5.74) is 2.77. The lowest BCUT2D eigenvalue weighted by Gasteiger charge is -2.29. The quantitative estimate of drug-likeness (QED) is 0.772. The van der Waals surface area contributed by atoms with Gasteiger partial charge in [-0.25, -0.2) is 9.97 Å². The van der Waals surface area contributed by atoms with Crippen molar-refractivity contribution >= 4 is 11.3 Å². The number of hydrogen-bond acceptors (Lipinski definition) is 5. The van der Waals surface area contributed by atoms with Gasteiger partial charge < -0.3 is 9.30 Å². The third-order valence-corrected chi connectivity index (χ3v) is 6.40. The first-order valence-corrected chi connectivity index (χ1v) is 10.7. The molecule has 0 N–H and O–H groups in total. The van der Waals surface area contributed by atoms with Crippen molar-refractivity contribution < 1.29 is 4.74 Å². The Morgan fingerprint density at radius 3 is 2.92 bits per heavy atom. The van der Waals surface area contributed by atoms with Gasteiger partial charge in [-0.15, -0.1) is 11.3 Å². The smallest absolute Gasteiger partial charge is 0.114 e. The molecule has 4 heterocycles. The summed E-state index contributed by atoms with van der Waals surface area (Å²) in [4.78, 5) is 13.5. The zero-order valence-corrected chi connectivity index (χ0v) is 17.0. The largest absolute Gasteiger partial charge is 0.381 e. The van der Waals surface area contributed by atoms with E-state index in [0.29, 0.717) is 11.8 Å². The molecule has 142 valence electrons. The Morgan fingerprint density at radius 1 is 1.35 bits per heavy atom. The van der Waals surface area contributed by atoms with E-state index in [9.17, 15) is 0 Å². The van der Waals surface area contributed by atoms with Gasteiger partial charge in [0.05, 0.1) is 23.0 Å². The van der Waals surface area contributed by atoms with Crippen molar-refractivity contribution in [2.45, 2.75) is 65.6 Å². The molecule has 6 heteroatoms. The van der Waals surface area contributed by atoms with Crippen LogP contribution in [0.2, 0.25) is 0 Å². The normalized spacial score (nSPS) is 20.8. The molecule has 0 radical (unpaired) electrons. The zero-order valence-electron chi connectivity index (χ0n) is 16.2. The summed E-state index contributed by atoms with van der Waals surface area (Å²) in [5, 5.41) is 1.16. The number of hydrogen-bond donors (Lipinski definition) is 0. The van der Waals surface area contributed by atoms with Crippen molar-refractivity contribution in [2.75, 3.05) is 19.8 Å². The van der Waals surface area contributed by atoms with Crippen molar-refractivity contribution in [3.63, 3.8) is 0 Å². The maximum atomic E-state index is 5.64. The molecule has 2 aliphatic heterocycles. The number of aromatic nitrogens is 3. The molecule has 0 amide bonds. The molecule has 0 spiro atoms. The van der Waals surface area contributed by atoms with Gasteiger partial charge in [0.15, 0.2) is 0 Å². The summed E-state index contributed by atoms with van der Waals surface area (Å²) in [5.74, 6) is 2.48. The zero-order chi connectivity index (χ0) is 18.1. The minimum Gasteiger partial charge on any atom is -0.381 e. The molecular weight excluding hydrogens is 344 g/mol. The maximum Gasteiger partial charge on any atom is 0.114 e. The molecule has 1 fully saturated rings. The Balaban J connectivity index is 1.56. The summed E-state index contributed by atoms with van der Waals surface area (Å²) in [6.45, 7) is 12.5. The highest BCUT2D eigenvalue weighted by atomic mass is 32.1. The number of nitrogens with zero attached hydrogens (tertiary/aromatic N) is 4. The van der Waals surface area contributed by atoms with E-state index in [1.807, 2.05) is 17.5 Å². The summed E-state index contributed by atoms with van der Waals surface area (Å²) < 4.78 is 8.16. The second-order valence-corrected chi connectivity index (χ2v) is 9.38. The van der Waals surface area contributed by atoms with Gasteiger partial charge in [0, 0.05) is 49.8 Å². The maximum absolute atomic E-state index is 5.64. The Kier molecular flexibility index (Phi) is 5.43. The summed E-state index contributed by atoms with van der Waals surface area (Å²) in [6, 6.07) is 0. The second kappa shape index (κ2) is 7.79. The van der Waals surface area contributed by atoms with Crippen molar-refractivity contribution in [3.8, 4) is 0 Å². The fourth-order valence-electron chi connectivity index (χ4n) is 4.02. The standard InChI is InChI=1S/C20H30N4OS/c1-14(2)4-5-18-19-12-23(11-17-10-21-15(3)26-17)7-8-24(19)20(22-18)16-6-9-25-13-16/h10,14,16H,4-9,11-13H2,1-3H3. The van der Waals surface area contributed by atoms with Crippen molar-refractivity contribution in [3.05, 3.63) is 33.3 Å². The molecule has 2 aromatic heterocycles. The number of aryl methyl sites for hydroxylation is 2. The number of fused-ring (bicyclic) bond motifs is 1. The minimum absolute atomic E-state index is 0.484. The van der Waals surface area contributed by atoms with Gasteiger partial charge in [-0.05, 0) is 32.1 Å². The first-order valence-electron chi connectivity index (χ1n) is 9.89. The van der Waals surface area contributed by atoms with Crippen molar-refractivity contribution in [2.24, 2.45) is 5.92 Å². The highest BCUT2D eigenvalue weighted by Crippen LogP contribution is 2.30. The Morgan fingerprint density at radius 2 is 2.23 bits per heavy atom. The molecule has 2 aliphatic rings. The number of imidazole rings is 1. The van der Waals surface area contributed by atoms with E-state index in [-0.39, 0.29) is 0 Å². The van der Waals surface area contributed by atoms with Crippen LogP contribution in [0.3, 0.4) is 0 Å². The van der Waals surface area contributed by atoms with Crippen LogP contribution in [0.25, 0.3) is 0 Å². The average molecular weight is 375 g/mol. The average Bonchev–Trinajstić information content (AvgIpc) is 3.33. The molecule has 2 aromatic rings. The topological polar surface area (TPSA) is 43.2 Å². The van der Waals surface area contributed by atoms with Crippen LogP contribution in [0.5, 0.6) is 0 Å². The third-order valence-electron chi connectivity index (χ3n) is 5.50. The number of thiazole rings is 1. The minimum atomic E-state index is 0.484. The Hall–Kier alpha value is -1.24. The Bertz CT molecular complexity index is 745. The highest BCUT2D eigenvalue weighted by molar-refractivity contribution is 7.11. The summed E-state index contributed by atoms with van der Waals surface area (Å²) in [7, 11) is 0. The van der Waals surface area contributed by atoms with Crippen LogP contribution in [0.15, 0.2) is 6.20 Å². The fraction of sp³-hybridized carbons (Fsp3) is 0.700. The summed E-state index contributed by atoms with van der Waals surface area (Å²) >= 11 is 1.81. The highest BCUT2D eigenvalue weighted by Gasteiger charge is 2.29. The lowest BCUT2D eigenvalue weighted by Crippen LogP contribution is -2.34. The van der Waals surface area contributed by atoms with Crippen molar-refractivity contribution in [1.82, 2.24) is 19.4 Å². The van der Waals surface area contributed by atoms with Gasteiger partial charge in [-0.1, -0.05) is 13.8 Å². The van der Waals surface area contributed by atoms with Gasteiger partial charge in [0.25, 0.3) is 0 Å². The molecule has 5 nitrogen and oxygen atoms in total. The molecule has 0 aliphatic carbocycles. The first-order chi connectivity index (χ1) is 12.6. The van der Waals surface area contributed by atoms with Crippen LogP contribution in [-0.2, 0) is 30.8 Å². The number of rotatable bonds is 6. The third kappa shape index (κ3) is 3.87. The van der Waals surface area contributed by atoms with E-state index < -0.39 is 0 Å². The van der Waals surface area contributed by atoms with Crippen LogP contribution in [0, 0.1) is 12.8 Å². The van der Waals surface area contributed by atoms with Gasteiger partial charge >= 0.3 is 0 Å². The van der Waals surface area contributed by atoms with E-state index >= 15 is 0 Å². The molecule has 1 atom stereocenters. The monoisotopic (exact) mass is 374 g/mol. The van der Waals surface area contributed by atoms with Crippen LogP contribution in [0.1, 0.15) is 59.7 Å². The van der Waals surface area contributed by atoms with Gasteiger partial charge in [-0.3, -0.25) is 4.90 Å². The van der Waals surface area contributed by atoms with E-state index in [0.717, 1.165) is 57.2 Å². The van der Waals surface area contributed by atoms with E-state index in [4.69, 9.17) is 9.72 Å². The molecule has 0 bridgehead atoms. The van der Waals surface area contributed by atoms with E-state index in [1.165, 1.54) is 28.5 Å². The van der Waals surface area contributed by atoms with Crippen LogP contribution in [-0.4, -0.2) is 39.2 Å². The van der Waals surface area contributed by atoms with E-state index in [1.54, 1.807) is 0 Å². The van der Waals surface area contributed by atoms with Gasteiger partial charge in [-0.2, -0.15) is 0 Å². The van der Waals surface area contributed by atoms with E-state index in [2.05, 4.69) is 35.2 Å².